The Morgan fingerprint density at radius 3 is 2.38 bits per heavy atom. The quantitative estimate of drug-likeness (QED) is 0.883. The summed E-state index contributed by atoms with van der Waals surface area (Å²) in [5, 5.41) is 12.3. The number of amides is 1. The molecule has 0 fully saturated rings. The standard InChI is InChI=1S/C13H9Cl3N2O3/c1-18-10(5-8(15)11(18)16)12(19)17-9-4-6(14)2-3-7(9)13(20)21/h2-5H,1H3,(H,17,19)(H,20,21). The van der Waals surface area contributed by atoms with Crippen molar-refractivity contribution in [2.45, 2.75) is 0 Å². The molecule has 0 spiro atoms. The Bertz CT molecular complexity index is 741. The van der Waals surface area contributed by atoms with Crippen molar-refractivity contribution >= 4 is 52.4 Å². The van der Waals surface area contributed by atoms with E-state index in [-0.39, 0.29) is 27.1 Å². The molecule has 0 aliphatic rings. The predicted molar refractivity (Wildman–Crippen MR) is 81.8 cm³/mol. The van der Waals surface area contributed by atoms with Crippen molar-refractivity contribution < 1.29 is 14.7 Å². The van der Waals surface area contributed by atoms with E-state index in [0.29, 0.717) is 5.02 Å². The smallest absolute Gasteiger partial charge is 0.337 e. The van der Waals surface area contributed by atoms with Crippen LogP contribution in [0.3, 0.4) is 0 Å². The second kappa shape index (κ2) is 5.97. The highest BCUT2D eigenvalue weighted by molar-refractivity contribution is 6.42. The van der Waals surface area contributed by atoms with Gasteiger partial charge in [0.25, 0.3) is 5.91 Å². The number of nitrogens with zero attached hydrogens (tertiary/aromatic N) is 1. The highest BCUT2D eigenvalue weighted by Crippen LogP contribution is 2.27. The molecule has 1 amide bonds. The van der Waals surface area contributed by atoms with Crippen LogP contribution >= 0.6 is 34.8 Å². The molecule has 0 aliphatic heterocycles. The van der Waals surface area contributed by atoms with E-state index in [1.54, 1.807) is 7.05 Å². The number of aromatic nitrogens is 1. The fourth-order valence-electron chi connectivity index (χ4n) is 1.75. The van der Waals surface area contributed by atoms with Crippen LogP contribution in [0.2, 0.25) is 15.2 Å². The summed E-state index contributed by atoms with van der Waals surface area (Å²) >= 11 is 17.5. The molecule has 21 heavy (non-hydrogen) atoms. The van der Waals surface area contributed by atoms with Gasteiger partial charge in [-0.2, -0.15) is 0 Å². The summed E-state index contributed by atoms with van der Waals surface area (Å²) in [6.45, 7) is 0. The molecule has 1 heterocycles. The van der Waals surface area contributed by atoms with Crippen LogP contribution in [-0.2, 0) is 7.05 Å². The number of nitrogens with one attached hydrogen (secondary N) is 1. The Hall–Kier alpha value is -1.69. The van der Waals surface area contributed by atoms with E-state index in [4.69, 9.17) is 39.9 Å². The van der Waals surface area contributed by atoms with Gasteiger partial charge in [0.2, 0.25) is 0 Å². The SMILES string of the molecule is Cn1c(C(=O)Nc2cc(Cl)ccc2C(=O)O)cc(Cl)c1Cl. The van der Waals surface area contributed by atoms with Crippen LogP contribution in [0, 0.1) is 0 Å². The Kier molecular flexibility index (Phi) is 4.46. The minimum absolute atomic E-state index is 0.0702. The van der Waals surface area contributed by atoms with Gasteiger partial charge in [0.05, 0.1) is 16.3 Å². The van der Waals surface area contributed by atoms with Crippen LogP contribution in [-0.4, -0.2) is 21.6 Å². The van der Waals surface area contributed by atoms with Gasteiger partial charge in [-0.3, -0.25) is 4.79 Å². The van der Waals surface area contributed by atoms with Gasteiger partial charge in [0, 0.05) is 12.1 Å². The number of rotatable bonds is 3. The first-order valence-corrected chi connectivity index (χ1v) is 6.79. The zero-order valence-electron chi connectivity index (χ0n) is 10.7. The molecule has 0 bridgehead atoms. The number of carboxylic acid groups (broad SMARTS) is 1. The van der Waals surface area contributed by atoms with Crippen LogP contribution in [0.4, 0.5) is 5.69 Å². The third-order valence-electron chi connectivity index (χ3n) is 2.81. The third kappa shape index (κ3) is 3.15. The molecule has 0 atom stereocenters. The normalized spacial score (nSPS) is 10.5. The van der Waals surface area contributed by atoms with E-state index in [1.807, 2.05) is 0 Å². The first-order valence-electron chi connectivity index (χ1n) is 5.66. The van der Waals surface area contributed by atoms with Crippen LogP contribution in [0.1, 0.15) is 20.8 Å². The zero-order valence-corrected chi connectivity index (χ0v) is 12.9. The molecule has 0 radical (unpaired) electrons. The number of halogens is 3. The monoisotopic (exact) mass is 346 g/mol. The zero-order chi connectivity index (χ0) is 15.7. The van der Waals surface area contributed by atoms with Crippen molar-refractivity contribution in [2.75, 3.05) is 5.32 Å². The molecule has 2 aromatic rings. The lowest BCUT2D eigenvalue weighted by atomic mass is 10.1. The Balaban J connectivity index is 2.38. The molecule has 110 valence electrons. The Labute approximate surface area is 135 Å². The fourth-order valence-corrected chi connectivity index (χ4v) is 2.30. The van der Waals surface area contributed by atoms with Gasteiger partial charge in [0.15, 0.2) is 0 Å². The summed E-state index contributed by atoms with van der Waals surface area (Å²) in [6, 6.07) is 5.49. The maximum atomic E-state index is 12.2. The molecule has 0 unspecified atom stereocenters. The fraction of sp³-hybridized carbons (Fsp3) is 0.0769. The van der Waals surface area contributed by atoms with E-state index >= 15 is 0 Å². The number of carbonyl (C=O) groups excluding carboxylic acids is 1. The second-order valence-electron chi connectivity index (χ2n) is 4.18. The topological polar surface area (TPSA) is 71.3 Å². The van der Waals surface area contributed by atoms with Crippen molar-refractivity contribution in [1.82, 2.24) is 4.57 Å². The molecule has 2 N–H and O–H groups in total. The molecule has 1 aromatic heterocycles. The Morgan fingerprint density at radius 2 is 1.86 bits per heavy atom. The number of benzene rings is 1. The molecule has 1 aromatic carbocycles. The highest BCUT2D eigenvalue weighted by Gasteiger charge is 2.18. The molecular formula is C13H9Cl3N2O3. The van der Waals surface area contributed by atoms with Gasteiger partial charge in [-0.15, -0.1) is 0 Å². The first-order chi connectivity index (χ1) is 9.81. The number of aromatic carboxylic acids is 1. The van der Waals surface area contributed by atoms with Gasteiger partial charge >= 0.3 is 5.97 Å². The summed E-state index contributed by atoms with van der Waals surface area (Å²) in [6.07, 6.45) is 0. The summed E-state index contributed by atoms with van der Waals surface area (Å²) in [4.78, 5) is 23.3. The molecule has 2 rings (SSSR count). The maximum absolute atomic E-state index is 12.2. The van der Waals surface area contributed by atoms with E-state index in [1.165, 1.54) is 28.8 Å². The van der Waals surface area contributed by atoms with Gasteiger partial charge in [-0.25, -0.2) is 4.79 Å². The minimum atomic E-state index is -1.18. The highest BCUT2D eigenvalue weighted by atomic mass is 35.5. The van der Waals surface area contributed by atoms with Crippen LogP contribution in [0.25, 0.3) is 0 Å². The van der Waals surface area contributed by atoms with E-state index in [9.17, 15) is 9.59 Å². The lowest BCUT2D eigenvalue weighted by molar-refractivity contribution is 0.0698. The number of hydrogen-bond acceptors (Lipinski definition) is 2. The van der Waals surface area contributed by atoms with Gasteiger partial charge in [-0.1, -0.05) is 34.8 Å². The number of carboxylic acids is 1. The van der Waals surface area contributed by atoms with E-state index < -0.39 is 11.9 Å². The summed E-state index contributed by atoms with van der Waals surface area (Å²) < 4.78 is 1.39. The van der Waals surface area contributed by atoms with Crippen LogP contribution < -0.4 is 5.32 Å². The predicted octanol–water partition coefficient (Wildman–Crippen LogP) is 3.94. The molecule has 0 saturated carbocycles. The average molecular weight is 348 g/mol. The largest absolute Gasteiger partial charge is 0.478 e. The van der Waals surface area contributed by atoms with Crippen molar-refractivity contribution in [3.8, 4) is 0 Å². The summed E-state index contributed by atoms with van der Waals surface area (Å²) in [5.74, 6) is -1.72. The average Bonchev–Trinajstić information content (AvgIpc) is 2.66. The van der Waals surface area contributed by atoms with Crippen LogP contribution in [0.5, 0.6) is 0 Å². The minimum Gasteiger partial charge on any atom is -0.478 e. The van der Waals surface area contributed by atoms with Crippen molar-refractivity contribution in [1.29, 1.82) is 0 Å². The molecule has 5 nitrogen and oxygen atoms in total. The number of carbonyl (C=O) groups is 2. The molecule has 8 heteroatoms. The van der Waals surface area contributed by atoms with Gasteiger partial charge in [-0.05, 0) is 24.3 Å². The summed E-state index contributed by atoms with van der Waals surface area (Å²) in [7, 11) is 1.57. The maximum Gasteiger partial charge on any atom is 0.337 e. The summed E-state index contributed by atoms with van der Waals surface area (Å²) in [5.41, 5.74) is 0.217. The second-order valence-corrected chi connectivity index (χ2v) is 5.38. The Morgan fingerprint density at radius 1 is 1.19 bits per heavy atom. The number of anilines is 1. The molecular weight excluding hydrogens is 339 g/mol. The first kappa shape index (κ1) is 15.7. The molecule has 0 saturated heterocycles. The van der Waals surface area contributed by atoms with E-state index in [2.05, 4.69) is 5.32 Å². The van der Waals surface area contributed by atoms with Crippen molar-refractivity contribution in [3.05, 3.63) is 50.7 Å². The van der Waals surface area contributed by atoms with Crippen molar-refractivity contribution in [3.63, 3.8) is 0 Å². The van der Waals surface area contributed by atoms with Gasteiger partial charge < -0.3 is 15.0 Å². The lowest BCUT2D eigenvalue weighted by Gasteiger charge is -2.09. The van der Waals surface area contributed by atoms with Gasteiger partial charge in [0.1, 0.15) is 10.8 Å². The lowest BCUT2D eigenvalue weighted by Crippen LogP contribution is -2.17. The van der Waals surface area contributed by atoms with E-state index in [0.717, 1.165) is 0 Å². The van der Waals surface area contributed by atoms with Crippen LogP contribution in [0.15, 0.2) is 24.3 Å². The molecule has 0 aliphatic carbocycles. The number of hydrogen-bond donors (Lipinski definition) is 2. The third-order valence-corrected chi connectivity index (χ3v) is 3.89. The van der Waals surface area contributed by atoms with Crippen molar-refractivity contribution in [2.24, 2.45) is 7.05 Å².